The van der Waals surface area contributed by atoms with Gasteiger partial charge in [0.1, 0.15) is 6.61 Å². The molecule has 1 heterocycles. The molecular weight excluding hydrogens is 352 g/mol. The van der Waals surface area contributed by atoms with Crippen LogP contribution < -0.4 is 19.5 Å². The maximum absolute atomic E-state index is 12.0. The third-order valence-corrected chi connectivity index (χ3v) is 3.67. The summed E-state index contributed by atoms with van der Waals surface area (Å²) in [7, 11) is 4.52. The Kier molecular flexibility index (Phi) is 7.42. The van der Waals surface area contributed by atoms with Gasteiger partial charge in [0.2, 0.25) is 5.75 Å². The molecule has 0 fully saturated rings. The summed E-state index contributed by atoms with van der Waals surface area (Å²) in [6.07, 6.45) is 3.10. The zero-order valence-electron chi connectivity index (χ0n) is 15.5. The Labute approximate surface area is 157 Å². The Bertz CT molecular complexity index is 754. The predicted octanol–water partition coefficient (Wildman–Crippen LogP) is 1.62. The van der Waals surface area contributed by atoms with Crippen LogP contribution in [0.3, 0.4) is 0 Å². The number of esters is 1. The van der Waals surface area contributed by atoms with E-state index in [1.807, 2.05) is 0 Å². The molecule has 0 aliphatic heterocycles. The second-order valence-corrected chi connectivity index (χ2v) is 5.42. The summed E-state index contributed by atoms with van der Waals surface area (Å²) < 4.78 is 20.9. The monoisotopic (exact) mass is 374 g/mol. The number of aromatic nitrogens is 1. The van der Waals surface area contributed by atoms with E-state index in [1.165, 1.54) is 33.7 Å². The summed E-state index contributed by atoms with van der Waals surface area (Å²) in [6, 6.07) is 6.58. The van der Waals surface area contributed by atoms with E-state index in [0.717, 1.165) is 0 Å². The number of methoxy groups -OCH3 is 3. The molecule has 2 rings (SSSR count). The summed E-state index contributed by atoms with van der Waals surface area (Å²) >= 11 is 0. The van der Waals surface area contributed by atoms with Crippen LogP contribution in [0.25, 0.3) is 0 Å². The molecule has 0 aliphatic carbocycles. The largest absolute Gasteiger partial charge is 0.493 e. The van der Waals surface area contributed by atoms with Crippen LogP contribution in [0.2, 0.25) is 0 Å². The number of nitrogens with one attached hydrogen (secondary N) is 1. The molecule has 0 aliphatic rings. The summed E-state index contributed by atoms with van der Waals surface area (Å²) in [5.41, 5.74) is 1.16. The number of pyridine rings is 1. The van der Waals surface area contributed by atoms with E-state index in [-0.39, 0.29) is 25.5 Å². The number of nitrogens with zero attached hydrogens (tertiary/aromatic N) is 1. The Hall–Kier alpha value is -3.29. The van der Waals surface area contributed by atoms with Crippen LogP contribution in [0.5, 0.6) is 17.2 Å². The maximum atomic E-state index is 12.0. The normalized spacial score (nSPS) is 10.0. The minimum absolute atomic E-state index is 0.0367. The van der Waals surface area contributed by atoms with Crippen molar-refractivity contribution >= 4 is 11.9 Å². The number of hydrogen-bond acceptors (Lipinski definition) is 7. The quantitative estimate of drug-likeness (QED) is 0.526. The Balaban J connectivity index is 1.84. The molecule has 8 nitrogen and oxygen atoms in total. The van der Waals surface area contributed by atoms with Crippen LogP contribution in [0.15, 0.2) is 36.7 Å². The second-order valence-electron chi connectivity index (χ2n) is 5.42. The molecule has 1 aromatic carbocycles. The van der Waals surface area contributed by atoms with Crippen molar-refractivity contribution in [1.29, 1.82) is 0 Å². The lowest BCUT2D eigenvalue weighted by Crippen LogP contribution is -2.28. The van der Waals surface area contributed by atoms with Crippen LogP contribution in [-0.4, -0.2) is 51.3 Å². The van der Waals surface area contributed by atoms with E-state index in [0.29, 0.717) is 28.4 Å². The Morgan fingerprint density at radius 2 is 1.63 bits per heavy atom. The van der Waals surface area contributed by atoms with Gasteiger partial charge in [-0.2, -0.15) is 0 Å². The zero-order chi connectivity index (χ0) is 19.6. The molecule has 1 aromatic heterocycles. The topological polar surface area (TPSA) is 96.0 Å². The van der Waals surface area contributed by atoms with E-state index < -0.39 is 5.97 Å². The maximum Gasteiger partial charge on any atom is 0.310 e. The van der Waals surface area contributed by atoms with Gasteiger partial charge in [0.25, 0.3) is 5.91 Å². The zero-order valence-corrected chi connectivity index (χ0v) is 15.5. The highest BCUT2D eigenvalue weighted by molar-refractivity contribution is 5.93. The van der Waals surface area contributed by atoms with Gasteiger partial charge in [-0.15, -0.1) is 0 Å². The molecule has 0 radical (unpaired) electrons. The molecule has 0 spiro atoms. The van der Waals surface area contributed by atoms with Crippen LogP contribution in [-0.2, 0) is 16.0 Å². The molecular formula is C19H22N2O6. The Morgan fingerprint density at radius 3 is 2.19 bits per heavy atom. The van der Waals surface area contributed by atoms with Crippen LogP contribution in [0.1, 0.15) is 15.9 Å². The standard InChI is InChI=1S/C19H22N2O6/c1-24-15-10-13(11-16(25-2)18(15)26-3)12-17(22)27-9-8-21-19(23)14-4-6-20-7-5-14/h4-7,10-11H,8-9,12H2,1-3H3,(H,21,23). The van der Waals surface area contributed by atoms with Gasteiger partial charge in [0.15, 0.2) is 11.5 Å². The van der Waals surface area contributed by atoms with Gasteiger partial charge in [0, 0.05) is 18.0 Å². The first kappa shape index (κ1) is 20.0. The SMILES string of the molecule is COc1cc(CC(=O)OCCNC(=O)c2ccncc2)cc(OC)c1OC. The van der Waals surface area contributed by atoms with Crippen molar-refractivity contribution in [3.05, 3.63) is 47.8 Å². The van der Waals surface area contributed by atoms with Crippen LogP contribution in [0.4, 0.5) is 0 Å². The van der Waals surface area contributed by atoms with Gasteiger partial charge in [-0.3, -0.25) is 14.6 Å². The number of carbonyl (C=O) groups excluding carboxylic acids is 2. The van der Waals surface area contributed by atoms with Crippen molar-refractivity contribution in [1.82, 2.24) is 10.3 Å². The minimum atomic E-state index is -0.428. The fourth-order valence-corrected chi connectivity index (χ4v) is 2.39. The van der Waals surface area contributed by atoms with Gasteiger partial charge in [-0.1, -0.05) is 0 Å². The van der Waals surface area contributed by atoms with E-state index in [1.54, 1.807) is 24.3 Å². The third-order valence-electron chi connectivity index (χ3n) is 3.67. The van der Waals surface area contributed by atoms with Gasteiger partial charge >= 0.3 is 5.97 Å². The summed E-state index contributed by atoms with van der Waals surface area (Å²) in [5.74, 6) is 0.699. The molecule has 1 amide bonds. The number of rotatable bonds is 9. The molecule has 0 atom stereocenters. The van der Waals surface area contributed by atoms with Crippen molar-refractivity contribution in [2.75, 3.05) is 34.5 Å². The van der Waals surface area contributed by atoms with E-state index in [9.17, 15) is 9.59 Å². The molecule has 0 saturated heterocycles. The molecule has 144 valence electrons. The lowest BCUT2D eigenvalue weighted by atomic mass is 10.1. The molecule has 0 saturated carbocycles. The Morgan fingerprint density at radius 1 is 1.00 bits per heavy atom. The van der Waals surface area contributed by atoms with E-state index >= 15 is 0 Å². The first-order chi connectivity index (χ1) is 13.1. The summed E-state index contributed by atoms with van der Waals surface area (Å²) in [4.78, 5) is 27.7. The highest BCUT2D eigenvalue weighted by atomic mass is 16.5. The molecule has 2 aromatic rings. The fourth-order valence-electron chi connectivity index (χ4n) is 2.39. The van der Waals surface area contributed by atoms with Gasteiger partial charge in [0.05, 0.1) is 34.3 Å². The molecule has 27 heavy (non-hydrogen) atoms. The number of amides is 1. The smallest absolute Gasteiger partial charge is 0.310 e. The molecule has 1 N–H and O–H groups in total. The highest BCUT2D eigenvalue weighted by Gasteiger charge is 2.15. The highest BCUT2D eigenvalue weighted by Crippen LogP contribution is 2.38. The van der Waals surface area contributed by atoms with E-state index in [2.05, 4.69) is 10.3 Å². The fraction of sp³-hybridized carbons (Fsp3) is 0.316. The average molecular weight is 374 g/mol. The lowest BCUT2D eigenvalue weighted by Gasteiger charge is -2.14. The van der Waals surface area contributed by atoms with Crippen molar-refractivity contribution in [2.45, 2.75) is 6.42 Å². The first-order valence-electron chi connectivity index (χ1n) is 8.21. The van der Waals surface area contributed by atoms with Crippen LogP contribution in [0, 0.1) is 0 Å². The van der Waals surface area contributed by atoms with E-state index in [4.69, 9.17) is 18.9 Å². The minimum Gasteiger partial charge on any atom is -0.493 e. The number of ether oxygens (including phenoxy) is 4. The van der Waals surface area contributed by atoms with Crippen LogP contribution >= 0.6 is 0 Å². The van der Waals surface area contributed by atoms with Crippen molar-refractivity contribution in [3.63, 3.8) is 0 Å². The predicted molar refractivity (Wildman–Crippen MR) is 97.3 cm³/mol. The average Bonchev–Trinajstić information content (AvgIpc) is 2.70. The van der Waals surface area contributed by atoms with Gasteiger partial charge in [-0.25, -0.2) is 0 Å². The van der Waals surface area contributed by atoms with Crippen molar-refractivity contribution < 1.29 is 28.5 Å². The summed E-state index contributed by atoms with van der Waals surface area (Å²) in [6.45, 7) is 0.280. The summed E-state index contributed by atoms with van der Waals surface area (Å²) in [5, 5.41) is 2.67. The second kappa shape index (κ2) is 10.0. The van der Waals surface area contributed by atoms with Crippen molar-refractivity contribution in [3.8, 4) is 17.2 Å². The third kappa shape index (κ3) is 5.60. The number of carbonyl (C=O) groups is 2. The van der Waals surface area contributed by atoms with Gasteiger partial charge in [-0.05, 0) is 29.8 Å². The lowest BCUT2D eigenvalue weighted by molar-refractivity contribution is -0.142. The van der Waals surface area contributed by atoms with Gasteiger partial charge < -0.3 is 24.3 Å². The molecule has 8 heteroatoms. The first-order valence-corrected chi connectivity index (χ1v) is 8.21. The molecule has 0 bridgehead atoms. The number of benzene rings is 1. The van der Waals surface area contributed by atoms with Crippen molar-refractivity contribution in [2.24, 2.45) is 0 Å². The molecule has 0 unspecified atom stereocenters. The number of hydrogen-bond donors (Lipinski definition) is 1.